The molecule has 0 aromatic heterocycles. The van der Waals surface area contributed by atoms with Gasteiger partial charge >= 0.3 is 12.1 Å². The van der Waals surface area contributed by atoms with Crippen LogP contribution in [-0.4, -0.2) is 11.6 Å². The van der Waals surface area contributed by atoms with Crippen LogP contribution >= 0.6 is 0 Å². The molecular weight excluding hydrogens is 269 g/mol. The van der Waals surface area contributed by atoms with Crippen molar-refractivity contribution in [1.82, 2.24) is 0 Å². The summed E-state index contributed by atoms with van der Waals surface area (Å²) in [7, 11) is 0. The molecular formula is C15H19F3O2. The van der Waals surface area contributed by atoms with Gasteiger partial charge in [0.1, 0.15) is 5.60 Å². The normalized spacial score (nSPS) is 12.3. The van der Waals surface area contributed by atoms with E-state index >= 15 is 0 Å². The molecule has 112 valence electrons. The lowest BCUT2D eigenvalue weighted by molar-refractivity contribution is -0.153. The lowest BCUT2D eigenvalue weighted by atomic mass is 9.94. The number of benzene rings is 1. The molecule has 2 nitrogen and oxygen atoms in total. The van der Waals surface area contributed by atoms with E-state index in [1.165, 1.54) is 6.92 Å². The molecule has 0 saturated heterocycles. The average molecular weight is 288 g/mol. The molecule has 0 saturated carbocycles. The predicted molar refractivity (Wildman–Crippen MR) is 70.4 cm³/mol. The molecule has 0 radical (unpaired) electrons. The minimum absolute atomic E-state index is 0.240. The van der Waals surface area contributed by atoms with Gasteiger partial charge in [-0.15, -0.1) is 0 Å². The van der Waals surface area contributed by atoms with Crippen molar-refractivity contribution in [2.45, 2.75) is 52.3 Å². The molecule has 0 unspecified atom stereocenters. The molecule has 1 aromatic carbocycles. The Morgan fingerprint density at radius 2 is 1.70 bits per heavy atom. The Labute approximate surface area is 116 Å². The van der Waals surface area contributed by atoms with Crippen LogP contribution in [-0.2, 0) is 28.5 Å². The fraction of sp³-hybridized carbons (Fsp3) is 0.533. The van der Waals surface area contributed by atoms with Crippen LogP contribution in [0.25, 0.3) is 0 Å². The molecule has 5 heteroatoms. The Morgan fingerprint density at radius 3 is 2.15 bits per heavy atom. The first-order valence-corrected chi connectivity index (χ1v) is 6.43. The highest BCUT2D eigenvalue weighted by atomic mass is 19.4. The van der Waals surface area contributed by atoms with E-state index in [0.29, 0.717) is 17.5 Å². The molecule has 0 amide bonds. The van der Waals surface area contributed by atoms with E-state index in [1.807, 2.05) is 0 Å². The SMILES string of the molecule is CCc1cc(CC(C)(C)OC(C)=O)cc(C(F)(F)F)c1. The number of rotatable bonds is 4. The van der Waals surface area contributed by atoms with E-state index in [4.69, 9.17) is 4.74 Å². The van der Waals surface area contributed by atoms with Crippen molar-refractivity contribution in [1.29, 1.82) is 0 Å². The Bertz CT molecular complexity index is 490. The monoisotopic (exact) mass is 288 g/mol. The number of carbonyl (C=O) groups is 1. The fourth-order valence-corrected chi connectivity index (χ4v) is 2.15. The van der Waals surface area contributed by atoms with Crippen LogP contribution in [0.4, 0.5) is 13.2 Å². The molecule has 0 aliphatic rings. The number of halogens is 3. The molecule has 0 aliphatic heterocycles. The van der Waals surface area contributed by atoms with E-state index in [9.17, 15) is 18.0 Å². The summed E-state index contributed by atoms with van der Waals surface area (Å²) in [6.45, 7) is 6.45. The van der Waals surface area contributed by atoms with Crippen molar-refractivity contribution < 1.29 is 22.7 Å². The fourth-order valence-electron chi connectivity index (χ4n) is 2.15. The number of esters is 1. The highest BCUT2D eigenvalue weighted by molar-refractivity contribution is 5.66. The van der Waals surface area contributed by atoms with Crippen molar-refractivity contribution in [3.63, 3.8) is 0 Å². The van der Waals surface area contributed by atoms with Gasteiger partial charge in [0.25, 0.3) is 0 Å². The third-order valence-corrected chi connectivity index (χ3v) is 2.84. The van der Waals surface area contributed by atoms with Crippen molar-refractivity contribution in [3.05, 3.63) is 34.9 Å². The topological polar surface area (TPSA) is 26.3 Å². The Kier molecular flexibility index (Phi) is 4.84. The van der Waals surface area contributed by atoms with Crippen molar-refractivity contribution in [3.8, 4) is 0 Å². The average Bonchev–Trinajstić information content (AvgIpc) is 2.24. The number of ether oxygens (including phenoxy) is 1. The number of carbonyl (C=O) groups excluding carboxylic acids is 1. The second-order valence-electron chi connectivity index (χ2n) is 5.42. The third-order valence-electron chi connectivity index (χ3n) is 2.84. The maximum Gasteiger partial charge on any atom is 0.416 e. The third kappa shape index (κ3) is 4.87. The van der Waals surface area contributed by atoms with Gasteiger partial charge in [-0.2, -0.15) is 13.2 Å². The van der Waals surface area contributed by atoms with E-state index in [0.717, 1.165) is 12.1 Å². The van der Waals surface area contributed by atoms with E-state index in [1.54, 1.807) is 26.8 Å². The van der Waals surface area contributed by atoms with Gasteiger partial charge in [0, 0.05) is 13.3 Å². The molecule has 1 aromatic rings. The molecule has 0 fully saturated rings. The Morgan fingerprint density at radius 1 is 1.15 bits per heavy atom. The molecule has 1 rings (SSSR count). The first kappa shape index (κ1) is 16.5. The Balaban J connectivity index is 3.09. The van der Waals surface area contributed by atoms with Gasteiger partial charge in [0.05, 0.1) is 5.56 Å². The van der Waals surface area contributed by atoms with Crippen LogP contribution in [0.3, 0.4) is 0 Å². The quantitative estimate of drug-likeness (QED) is 0.778. The second-order valence-corrected chi connectivity index (χ2v) is 5.42. The van der Waals surface area contributed by atoms with Crippen LogP contribution in [0.5, 0.6) is 0 Å². The van der Waals surface area contributed by atoms with Gasteiger partial charge < -0.3 is 4.74 Å². The van der Waals surface area contributed by atoms with Crippen molar-refractivity contribution >= 4 is 5.97 Å². The molecule has 0 atom stereocenters. The molecule has 0 bridgehead atoms. The summed E-state index contributed by atoms with van der Waals surface area (Å²) in [5.41, 5.74) is -0.358. The summed E-state index contributed by atoms with van der Waals surface area (Å²) in [6.07, 6.45) is -3.61. The largest absolute Gasteiger partial charge is 0.460 e. The van der Waals surface area contributed by atoms with Crippen molar-refractivity contribution in [2.75, 3.05) is 0 Å². The molecule has 0 N–H and O–H groups in total. The van der Waals surface area contributed by atoms with Crippen LogP contribution < -0.4 is 0 Å². The van der Waals surface area contributed by atoms with E-state index in [2.05, 4.69) is 0 Å². The number of aryl methyl sites for hydroxylation is 1. The summed E-state index contributed by atoms with van der Waals surface area (Å²) in [6, 6.07) is 3.99. The zero-order valence-corrected chi connectivity index (χ0v) is 12.1. The van der Waals surface area contributed by atoms with Gasteiger partial charge in [-0.25, -0.2) is 0 Å². The van der Waals surface area contributed by atoms with Gasteiger partial charge in [0.2, 0.25) is 0 Å². The van der Waals surface area contributed by atoms with Gasteiger partial charge in [-0.3, -0.25) is 4.79 Å². The highest BCUT2D eigenvalue weighted by Crippen LogP contribution is 2.32. The summed E-state index contributed by atoms with van der Waals surface area (Å²) in [5, 5.41) is 0. The molecule has 0 aliphatic carbocycles. The summed E-state index contributed by atoms with van der Waals surface area (Å²) >= 11 is 0. The lowest BCUT2D eigenvalue weighted by Gasteiger charge is -2.25. The van der Waals surface area contributed by atoms with Gasteiger partial charge in [-0.1, -0.05) is 13.0 Å². The maximum absolute atomic E-state index is 12.8. The Hall–Kier alpha value is -1.52. The zero-order valence-electron chi connectivity index (χ0n) is 12.1. The summed E-state index contributed by atoms with van der Waals surface area (Å²) in [4.78, 5) is 11.0. The minimum Gasteiger partial charge on any atom is -0.460 e. The standard InChI is InChI=1S/C15H19F3O2/c1-5-11-6-12(8-13(7-11)15(16,17)18)9-14(3,4)20-10(2)19/h6-8H,5,9H2,1-4H3. The second kappa shape index (κ2) is 5.85. The number of alkyl halides is 3. The minimum atomic E-state index is -4.37. The van der Waals surface area contributed by atoms with Crippen LogP contribution in [0.15, 0.2) is 18.2 Å². The van der Waals surface area contributed by atoms with E-state index in [-0.39, 0.29) is 6.42 Å². The summed E-state index contributed by atoms with van der Waals surface area (Å²) < 4.78 is 43.6. The molecule has 0 heterocycles. The molecule has 0 spiro atoms. The summed E-state index contributed by atoms with van der Waals surface area (Å²) in [5.74, 6) is -0.447. The van der Waals surface area contributed by atoms with Crippen LogP contribution in [0.2, 0.25) is 0 Å². The van der Waals surface area contributed by atoms with Crippen LogP contribution in [0, 0.1) is 0 Å². The first-order valence-electron chi connectivity index (χ1n) is 6.43. The predicted octanol–water partition coefficient (Wildman–Crippen LogP) is 4.15. The van der Waals surface area contributed by atoms with Crippen LogP contribution in [0.1, 0.15) is 44.4 Å². The van der Waals surface area contributed by atoms with Gasteiger partial charge in [0.15, 0.2) is 0 Å². The van der Waals surface area contributed by atoms with Gasteiger partial charge in [-0.05, 0) is 43.5 Å². The zero-order chi connectivity index (χ0) is 15.6. The highest BCUT2D eigenvalue weighted by Gasteiger charge is 2.32. The maximum atomic E-state index is 12.8. The first-order chi connectivity index (χ1) is 9.03. The lowest BCUT2D eigenvalue weighted by Crippen LogP contribution is -2.29. The molecule has 20 heavy (non-hydrogen) atoms. The van der Waals surface area contributed by atoms with E-state index < -0.39 is 23.3 Å². The smallest absolute Gasteiger partial charge is 0.416 e. The van der Waals surface area contributed by atoms with Crippen molar-refractivity contribution in [2.24, 2.45) is 0 Å². The number of hydrogen-bond acceptors (Lipinski definition) is 2. The number of hydrogen-bond donors (Lipinski definition) is 0.